The summed E-state index contributed by atoms with van der Waals surface area (Å²) in [5, 5.41) is 12.1. The van der Waals surface area contributed by atoms with Crippen molar-refractivity contribution in [3.8, 4) is 0 Å². The van der Waals surface area contributed by atoms with E-state index in [0.29, 0.717) is 0 Å². The molecule has 0 aliphatic carbocycles. The van der Waals surface area contributed by atoms with Crippen molar-refractivity contribution in [2.75, 3.05) is 27.6 Å². The second kappa shape index (κ2) is 9.50. The van der Waals surface area contributed by atoms with Crippen LogP contribution in [-0.2, 0) is 28.8 Å². The quantitative estimate of drug-likeness (QED) is 0.211. The Morgan fingerprint density at radius 3 is 2.33 bits per heavy atom. The molecule has 0 aliphatic heterocycles. The number of esters is 1. The van der Waals surface area contributed by atoms with Crippen LogP contribution in [0.4, 0.5) is 4.79 Å². The molecule has 2 N–H and O–H groups in total. The summed E-state index contributed by atoms with van der Waals surface area (Å²) in [7, 11) is 2.41. The number of rotatable bonds is 8. The molecule has 0 fully saturated rings. The fourth-order valence-electron chi connectivity index (χ4n) is 1.21. The Labute approximate surface area is 123 Å². The maximum absolute atomic E-state index is 11.7. The van der Waals surface area contributed by atoms with Crippen LogP contribution in [0.3, 0.4) is 0 Å². The minimum atomic E-state index is -1.61. The number of alkyl carbamates (subject to hydrolysis) is 1. The first-order valence-corrected chi connectivity index (χ1v) is 6.20. The van der Waals surface area contributed by atoms with E-state index in [1.807, 2.05) is 0 Å². The molecule has 0 aliphatic rings. The van der Waals surface area contributed by atoms with Crippen molar-refractivity contribution < 1.29 is 38.7 Å². The molecule has 2 atom stereocenters. The summed E-state index contributed by atoms with van der Waals surface area (Å²) in [5.41, 5.74) is -0.717. The van der Waals surface area contributed by atoms with Crippen molar-refractivity contribution in [1.29, 1.82) is 0 Å². The van der Waals surface area contributed by atoms with E-state index in [4.69, 9.17) is 9.47 Å². The standard InChI is InChI=1S/C12H23NO8/c1-12(2,3)21-11(16)13-8(6-19-7-20-18-5)9(14)10(15)17-4/h8-9,14H,6-7H2,1-5H3,(H,13,16)/t8-,9+/m1/s1. The highest BCUT2D eigenvalue weighted by molar-refractivity contribution is 5.77. The maximum Gasteiger partial charge on any atom is 0.408 e. The molecule has 0 saturated carbocycles. The van der Waals surface area contributed by atoms with Gasteiger partial charge in [-0.05, 0) is 20.8 Å². The first-order chi connectivity index (χ1) is 9.71. The Morgan fingerprint density at radius 1 is 1.24 bits per heavy atom. The van der Waals surface area contributed by atoms with Crippen LogP contribution in [0.2, 0.25) is 0 Å². The number of carbonyl (C=O) groups excluding carboxylic acids is 2. The van der Waals surface area contributed by atoms with Crippen molar-refractivity contribution in [2.45, 2.75) is 38.5 Å². The number of ether oxygens (including phenoxy) is 3. The van der Waals surface area contributed by atoms with E-state index in [2.05, 4.69) is 19.8 Å². The summed E-state index contributed by atoms with van der Waals surface area (Å²) in [6.07, 6.45) is -2.41. The van der Waals surface area contributed by atoms with E-state index in [0.717, 1.165) is 7.11 Å². The number of aliphatic hydroxyl groups excluding tert-OH is 1. The lowest BCUT2D eigenvalue weighted by Gasteiger charge is -2.25. The second-order valence-corrected chi connectivity index (χ2v) is 4.99. The van der Waals surface area contributed by atoms with E-state index in [1.165, 1.54) is 7.11 Å². The predicted molar refractivity (Wildman–Crippen MR) is 70.1 cm³/mol. The molecule has 9 heteroatoms. The summed E-state index contributed by atoms with van der Waals surface area (Å²) in [6.45, 7) is 4.60. The molecule has 9 nitrogen and oxygen atoms in total. The van der Waals surface area contributed by atoms with Crippen LogP contribution in [-0.4, -0.2) is 62.5 Å². The molecule has 0 saturated heterocycles. The van der Waals surface area contributed by atoms with Gasteiger partial charge in [0.25, 0.3) is 0 Å². The summed E-state index contributed by atoms with van der Waals surface area (Å²) >= 11 is 0. The summed E-state index contributed by atoms with van der Waals surface area (Å²) in [6, 6.07) is -1.06. The molecule has 0 aromatic carbocycles. The fraction of sp³-hybridized carbons (Fsp3) is 0.833. The van der Waals surface area contributed by atoms with Crippen molar-refractivity contribution in [1.82, 2.24) is 5.32 Å². The lowest BCUT2D eigenvalue weighted by Crippen LogP contribution is -2.51. The molecule has 0 heterocycles. The number of carbonyl (C=O) groups is 2. The smallest absolute Gasteiger partial charge is 0.408 e. The fourth-order valence-corrected chi connectivity index (χ4v) is 1.21. The van der Waals surface area contributed by atoms with Crippen LogP contribution in [0, 0.1) is 0 Å². The van der Waals surface area contributed by atoms with Crippen LogP contribution in [0.5, 0.6) is 0 Å². The van der Waals surface area contributed by atoms with E-state index < -0.39 is 29.8 Å². The Bertz CT molecular complexity index is 328. The van der Waals surface area contributed by atoms with Gasteiger partial charge < -0.3 is 24.6 Å². The van der Waals surface area contributed by atoms with Gasteiger partial charge in [-0.3, -0.25) is 0 Å². The third kappa shape index (κ3) is 9.19. The van der Waals surface area contributed by atoms with Gasteiger partial charge in [0, 0.05) is 0 Å². The number of aliphatic hydroxyl groups is 1. The molecule has 0 spiro atoms. The van der Waals surface area contributed by atoms with Crippen LogP contribution in [0.25, 0.3) is 0 Å². The zero-order chi connectivity index (χ0) is 16.5. The molecule has 0 unspecified atom stereocenters. The van der Waals surface area contributed by atoms with Crippen molar-refractivity contribution >= 4 is 12.1 Å². The largest absolute Gasteiger partial charge is 0.467 e. The third-order valence-corrected chi connectivity index (χ3v) is 2.07. The highest BCUT2D eigenvalue weighted by atomic mass is 17.2. The summed E-state index contributed by atoms with van der Waals surface area (Å²) in [5.74, 6) is -0.910. The third-order valence-electron chi connectivity index (χ3n) is 2.07. The zero-order valence-electron chi connectivity index (χ0n) is 12.9. The Morgan fingerprint density at radius 2 is 1.86 bits per heavy atom. The van der Waals surface area contributed by atoms with Crippen LogP contribution in [0.15, 0.2) is 0 Å². The van der Waals surface area contributed by atoms with Gasteiger partial charge in [0.2, 0.25) is 0 Å². The average molecular weight is 309 g/mol. The topological polar surface area (TPSA) is 113 Å². The molecule has 0 radical (unpaired) electrons. The normalized spacial score (nSPS) is 14.2. The van der Waals surface area contributed by atoms with Gasteiger partial charge in [-0.25, -0.2) is 19.4 Å². The van der Waals surface area contributed by atoms with E-state index in [9.17, 15) is 14.7 Å². The van der Waals surface area contributed by atoms with Crippen LogP contribution < -0.4 is 5.32 Å². The lowest BCUT2D eigenvalue weighted by molar-refractivity contribution is -0.319. The molecule has 21 heavy (non-hydrogen) atoms. The first kappa shape index (κ1) is 19.6. The summed E-state index contributed by atoms with van der Waals surface area (Å²) < 4.78 is 14.4. The Hall–Kier alpha value is -1.42. The predicted octanol–water partition coefficient (Wildman–Crippen LogP) is -0.0343. The molecule has 0 bridgehead atoms. The Balaban J connectivity index is 4.56. The van der Waals surface area contributed by atoms with Crippen LogP contribution >= 0.6 is 0 Å². The Kier molecular flexibility index (Phi) is 8.86. The highest BCUT2D eigenvalue weighted by Gasteiger charge is 2.30. The van der Waals surface area contributed by atoms with Gasteiger partial charge in [-0.2, -0.15) is 0 Å². The van der Waals surface area contributed by atoms with Crippen LogP contribution in [0.1, 0.15) is 20.8 Å². The summed E-state index contributed by atoms with van der Waals surface area (Å²) in [4.78, 5) is 31.8. The van der Waals surface area contributed by atoms with E-state index in [1.54, 1.807) is 20.8 Å². The number of nitrogens with one attached hydrogen (secondary N) is 1. The number of methoxy groups -OCH3 is 1. The highest BCUT2D eigenvalue weighted by Crippen LogP contribution is 2.08. The molecular formula is C12H23NO8. The van der Waals surface area contributed by atoms with Gasteiger partial charge >= 0.3 is 12.1 Å². The second-order valence-electron chi connectivity index (χ2n) is 4.99. The lowest BCUT2D eigenvalue weighted by atomic mass is 10.1. The number of hydrogen-bond donors (Lipinski definition) is 2. The van der Waals surface area contributed by atoms with Crippen molar-refractivity contribution in [3.05, 3.63) is 0 Å². The number of hydrogen-bond acceptors (Lipinski definition) is 8. The van der Waals surface area contributed by atoms with E-state index in [-0.39, 0.29) is 13.4 Å². The maximum atomic E-state index is 11.7. The average Bonchev–Trinajstić information content (AvgIpc) is 2.38. The first-order valence-electron chi connectivity index (χ1n) is 6.20. The molecular weight excluding hydrogens is 286 g/mol. The van der Waals surface area contributed by atoms with Gasteiger partial charge in [0.1, 0.15) is 5.60 Å². The van der Waals surface area contributed by atoms with E-state index >= 15 is 0 Å². The van der Waals surface area contributed by atoms with Gasteiger partial charge in [0.15, 0.2) is 12.9 Å². The molecule has 0 aromatic heterocycles. The minimum Gasteiger partial charge on any atom is -0.467 e. The van der Waals surface area contributed by atoms with Gasteiger partial charge in [-0.1, -0.05) is 0 Å². The number of amides is 1. The molecule has 124 valence electrons. The molecule has 1 amide bonds. The van der Waals surface area contributed by atoms with Gasteiger partial charge in [-0.15, -0.1) is 0 Å². The molecule has 0 rings (SSSR count). The van der Waals surface area contributed by atoms with Crippen molar-refractivity contribution in [3.63, 3.8) is 0 Å². The SMILES string of the molecule is COOCOC[C@@H](NC(=O)OC(C)(C)C)[C@H](O)C(=O)OC. The molecule has 0 aromatic rings. The van der Waals surface area contributed by atoms with Crippen molar-refractivity contribution in [2.24, 2.45) is 0 Å². The minimum absolute atomic E-state index is 0.209. The monoisotopic (exact) mass is 309 g/mol. The zero-order valence-corrected chi connectivity index (χ0v) is 12.9. The van der Waals surface area contributed by atoms with Gasteiger partial charge in [0.05, 0.1) is 26.9 Å².